The normalized spacial score (nSPS) is 11.3. The van der Waals surface area contributed by atoms with Crippen molar-refractivity contribution in [3.05, 3.63) is 132 Å². The lowest BCUT2D eigenvalue weighted by Crippen LogP contribution is -1.92. The Balaban J connectivity index is 1.44. The molecule has 0 amide bonds. The van der Waals surface area contributed by atoms with Crippen molar-refractivity contribution >= 4 is 63.0 Å². The van der Waals surface area contributed by atoms with Crippen molar-refractivity contribution in [1.82, 2.24) is 0 Å². The number of rotatable bonds is 3. The van der Waals surface area contributed by atoms with Gasteiger partial charge in [-0.25, -0.2) is 0 Å². The van der Waals surface area contributed by atoms with Gasteiger partial charge in [-0.15, -0.1) is 22.7 Å². The van der Waals surface area contributed by atoms with Crippen molar-refractivity contribution in [3.8, 4) is 45.5 Å². The Morgan fingerprint density at radius 1 is 0.405 bits per heavy atom. The Kier molecular flexibility index (Phi) is 5.66. The topological polar surface area (TPSA) is 47.6 Å². The fourth-order valence-corrected chi connectivity index (χ4v) is 8.20. The highest BCUT2D eigenvalue weighted by Crippen LogP contribution is 2.45. The van der Waals surface area contributed by atoms with Gasteiger partial charge in [0.2, 0.25) is 0 Å². The summed E-state index contributed by atoms with van der Waals surface area (Å²) in [5.74, 6) is 0. The van der Waals surface area contributed by atoms with Crippen molar-refractivity contribution in [2.45, 2.75) is 0 Å². The number of hydrogen-bond acceptors (Lipinski definition) is 4. The van der Waals surface area contributed by atoms with Gasteiger partial charge in [-0.1, -0.05) is 66.7 Å². The first-order valence-electron chi connectivity index (χ1n) is 13.6. The zero-order valence-electron chi connectivity index (χ0n) is 22.3. The molecule has 8 rings (SSSR count). The minimum absolute atomic E-state index is 0.478. The third-order valence-electron chi connectivity index (χ3n) is 7.92. The average Bonchev–Trinajstić information content (AvgIpc) is 3.61. The molecule has 0 aliphatic heterocycles. The summed E-state index contributed by atoms with van der Waals surface area (Å²) in [5, 5.41) is 24.5. The van der Waals surface area contributed by atoms with Crippen LogP contribution in [0.1, 0.15) is 11.1 Å². The smallest absolute Gasteiger partial charge is 0.0992 e. The summed E-state index contributed by atoms with van der Waals surface area (Å²) in [6.45, 7) is 0. The lowest BCUT2D eigenvalue weighted by molar-refractivity contribution is 1.44. The summed E-state index contributed by atoms with van der Waals surface area (Å²) in [6.07, 6.45) is 0. The molecule has 0 aliphatic rings. The van der Waals surface area contributed by atoms with Crippen LogP contribution in [-0.2, 0) is 0 Å². The van der Waals surface area contributed by atoms with Gasteiger partial charge in [-0.3, -0.25) is 0 Å². The largest absolute Gasteiger partial charge is 0.192 e. The summed E-state index contributed by atoms with van der Waals surface area (Å²) in [7, 11) is 0. The van der Waals surface area contributed by atoms with Crippen molar-refractivity contribution in [1.29, 1.82) is 10.5 Å². The Labute approximate surface area is 250 Å². The zero-order valence-corrected chi connectivity index (χ0v) is 23.9. The second-order valence-electron chi connectivity index (χ2n) is 10.4. The Hall–Kier alpha value is -5.26. The van der Waals surface area contributed by atoms with E-state index < -0.39 is 0 Å². The quantitative estimate of drug-likeness (QED) is 0.213. The number of nitrogens with zero attached hydrogens (tertiary/aromatic N) is 2. The minimum Gasteiger partial charge on any atom is -0.192 e. The molecule has 194 valence electrons. The molecule has 0 unspecified atom stereocenters. The minimum atomic E-state index is 0.478. The molecule has 42 heavy (non-hydrogen) atoms. The average molecular weight is 569 g/mol. The van der Waals surface area contributed by atoms with Gasteiger partial charge in [0, 0.05) is 40.3 Å². The summed E-state index contributed by atoms with van der Waals surface area (Å²) < 4.78 is 5.08. The van der Waals surface area contributed by atoms with Gasteiger partial charge in [0.05, 0.1) is 23.3 Å². The summed E-state index contributed by atoms with van der Waals surface area (Å²) in [4.78, 5) is 0. The number of fused-ring (bicyclic) bond motifs is 6. The summed E-state index contributed by atoms with van der Waals surface area (Å²) in [6, 6.07) is 46.9. The molecule has 2 nitrogen and oxygen atoms in total. The maximum absolute atomic E-state index is 9.75. The molecule has 0 atom stereocenters. The second kappa shape index (κ2) is 9.68. The van der Waals surface area contributed by atoms with E-state index in [0.29, 0.717) is 11.1 Å². The molecule has 4 heteroatoms. The standard InChI is InChI=1S/C38H20N2S2/c39-21-23-16-24(22-40)18-27(17-23)29-9-5-8-28(25-12-14-36-32(19-25)30-6-1-3-10-34(30)41-36)38(29)26-13-15-37-33(20-26)31-7-2-4-11-35(31)42-37/h1-20H. The molecule has 0 radical (unpaired) electrons. The lowest BCUT2D eigenvalue weighted by Gasteiger charge is -2.17. The van der Waals surface area contributed by atoms with E-state index in [9.17, 15) is 10.5 Å². The molecule has 0 spiro atoms. The van der Waals surface area contributed by atoms with Gasteiger partial charge in [0.1, 0.15) is 0 Å². The fourth-order valence-electron chi connectivity index (χ4n) is 6.03. The van der Waals surface area contributed by atoms with Gasteiger partial charge in [0.25, 0.3) is 0 Å². The van der Waals surface area contributed by atoms with Crippen LogP contribution in [0.3, 0.4) is 0 Å². The molecule has 0 aliphatic carbocycles. The first kappa shape index (κ1) is 24.5. The van der Waals surface area contributed by atoms with E-state index in [2.05, 4.69) is 115 Å². The Morgan fingerprint density at radius 2 is 0.905 bits per heavy atom. The van der Waals surface area contributed by atoms with E-state index in [-0.39, 0.29) is 0 Å². The molecule has 2 heterocycles. The van der Waals surface area contributed by atoms with Gasteiger partial charge >= 0.3 is 0 Å². The molecule has 0 fully saturated rings. The van der Waals surface area contributed by atoms with E-state index in [4.69, 9.17) is 0 Å². The molecular formula is C38H20N2S2. The third kappa shape index (κ3) is 3.90. The van der Waals surface area contributed by atoms with Crippen LogP contribution < -0.4 is 0 Å². The first-order chi connectivity index (χ1) is 20.7. The van der Waals surface area contributed by atoms with Crippen molar-refractivity contribution in [2.24, 2.45) is 0 Å². The molecule has 0 saturated heterocycles. The van der Waals surface area contributed by atoms with Crippen LogP contribution in [0.4, 0.5) is 0 Å². The molecule has 8 aromatic rings. The van der Waals surface area contributed by atoms with Gasteiger partial charge in [-0.2, -0.15) is 10.5 Å². The van der Waals surface area contributed by atoms with Gasteiger partial charge < -0.3 is 0 Å². The van der Waals surface area contributed by atoms with Crippen LogP contribution in [0.5, 0.6) is 0 Å². The van der Waals surface area contributed by atoms with E-state index in [1.54, 1.807) is 6.07 Å². The number of thiophene rings is 2. The molecule has 6 aromatic carbocycles. The van der Waals surface area contributed by atoms with E-state index in [1.807, 2.05) is 34.8 Å². The molecule has 0 N–H and O–H groups in total. The van der Waals surface area contributed by atoms with Crippen molar-refractivity contribution in [2.75, 3.05) is 0 Å². The monoisotopic (exact) mass is 568 g/mol. The highest BCUT2D eigenvalue weighted by molar-refractivity contribution is 7.26. The molecular weight excluding hydrogens is 549 g/mol. The van der Waals surface area contributed by atoms with Crippen LogP contribution in [0.25, 0.3) is 73.7 Å². The van der Waals surface area contributed by atoms with Gasteiger partial charge in [0.15, 0.2) is 0 Å². The Morgan fingerprint density at radius 3 is 1.50 bits per heavy atom. The van der Waals surface area contributed by atoms with Crippen LogP contribution in [-0.4, -0.2) is 0 Å². The second-order valence-corrected chi connectivity index (χ2v) is 12.5. The highest BCUT2D eigenvalue weighted by atomic mass is 32.1. The number of benzene rings is 6. The van der Waals surface area contributed by atoms with Crippen LogP contribution in [0.2, 0.25) is 0 Å². The van der Waals surface area contributed by atoms with Crippen LogP contribution in [0, 0.1) is 22.7 Å². The van der Waals surface area contributed by atoms with Crippen molar-refractivity contribution in [3.63, 3.8) is 0 Å². The van der Waals surface area contributed by atoms with E-state index in [0.717, 1.165) is 33.4 Å². The van der Waals surface area contributed by atoms with Crippen LogP contribution in [0.15, 0.2) is 121 Å². The van der Waals surface area contributed by atoms with Crippen molar-refractivity contribution < 1.29 is 0 Å². The maximum atomic E-state index is 9.75. The molecule has 0 bridgehead atoms. The first-order valence-corrected chi connectivity index (χ1v) is 15.3. The number of nitriles is 2. The zero-order chi connectivity index (χ0) is 28.2. The third-order valence-corrected chi connectivity index (χ3v) is 10.2. The lowest BCUT2D eigenvalue weighted by atomic mass is 9.86. The predicted octanol–water partition coefficient (Wildman–Crippen LogP) is 11.2. The summed E-state index contributed by atoms with van der Waals surface area (Å²) >= 11 is 3.63. The number of hydrogen-bond donors (Lipinski definition) is 0. The predicted molar refractivity (Wildman–Crippen MR) is 178 cm³/mol. The maximum Gasteiger partial charge on any atom is 0.0992 e. The highest BCUT2D eigenvalue weighted by Gasteiger charge is 2.18. The summed E-state index contributed by atoms with van der Waals surface area (Å²) in [5.41, 5.74) is 7.26. The molecule has 0 saturated carbocycles. The van der Waals surface area contributed by atoms with E-state index >= 15 is 0 Å². The SMILES string of the molecule is N#Cc1cc(C#N)cc(-c2cccc(-c3ccc4sc5ccccc5c4c3)c2-c2ccc3sc4ccccc4c3c2)c1. The van der Waals surface area contributed by atoms with Crippen LogP contribution >= 0.6 is 22.7 Å². The van der Waals surface area contributed by atoms with E-state index in [1.165, 1.54) is 40.3 Å². The van der Waals surface area contributed by atoms with Gasteiger partial charge in [-0.05, 0) is 88.0 Å². The fraction of sp³-hybridized carbons (Fsp3) is 0. The Bertz CT molecular complexity index is 2410. The molecule has 2 aromatic heterocycles.